The lowest BCUT2D eigenvalue weighted by molar-refractivity contribution is 0.0983. The number of aryl methyl sites for hydroxylation is 1. The lowest BCUT2D eigenvalue weighted by Crippen LogP contribution is -2.29. The van der Waals surface area contributed by atoms with E-state index in [9.17, 15) is 4.79 Å². The summed E-state index contributed by atoms with van der Waals surface area (Å²) in [6.07, 6.45) is 1.50. The normalized spacial score (nSPS) is 10.3. The summed E-state index contributed by atoms with van der Waals surface area (Å²) in [6.45, 7) is 2.51. The van der Waals surface area contributed by atoms with Crippen molar-refractivity contribution >= 4 is 17.3 Å². The molecule has 1 heterocycles. The van der Waals surface area contributed by atoms with Crippen molar-refractivity contribution in [2.75, 3.05) is 24.8 Å². The summed E-state index contributed by atoms with van der Waals surface area (Å²) in [5.41, 5.74) is 7.39. The first-order chi connectivity index (χ1) is 9.58. The van der Waals surface area contributed by atoms with Crippen LogP contribution in [0.5, 0.6) is 5.75 Å². The minimum Gasteiger partial charge on any atom is -0.497 e. The van der Waals surface area contributed by atoms with E-state index >= 15 is 0 Å². The number of carbonyl (C=O) groups is 1. The number of nitrogens with zero attached hydrogens (tertiary/aromatic N) is 3. The van der Waals surface area contributed by atoms with Crippen molar-refractivity contribution in [2.45, 2.75) is 13.5 Å². The molecule has 0 saturated carbocycles. The van der Waals surface area contributed by atoms with Gasteiger partial charge in [-0.1, -0.05) is 0 Å². The summed E-state index contributed by atoms with van der Waals surface area (Å²) in [6, 6.07) is 7.25. The average Bonchev–Trinajstić information content (AvgIpc) is 2.86. The molecule has 1 aromatic carbocycles. The van der Waals surface area contributed by atoms with Crippen LogP contribution in [0.3, 0.4) is 0 Å². The highest BCUT2D eigenvalue weighted by atomic mass is 16.5. The molecule has 0 saturated heterocycles. The second-order valence-corrected chi connectivity index (χ2v) is 4.33. The Morgan fingerprint density at radius 1 is 1.40 bits per heavy atom. The predicted octanol–water partition coefficient (Wildman–Crippen LogP) is 1.77. The summed E-state index contributed by atoms with van der Waals surface area (Å²) in [7, 11) is 3.31. The van der Waals surface area contributed by atoms with Gasteiger partial charge in [0.1, 0.15) is 11.4 Å². The number of nitrogen functional groups attached to an aromatic ring is 1. The summed E-state index contributed by atoms with van der Waals surface area (Å²) in [4.78, 5) is 14.1. The Bertz CT molecular complexity index is 604. The van der Waals surface area contributed by atoms with E-state index in [1.165, 1.54) is 6.20 Å². The third kappa shape index (κ3) is 2.45. The van der Waals surface area contributed by atoms with Crippen LogP contribution in [-0.2, 0) is 6.54 Å². The minimum atomic E-state index is -0.188. The van der Waals surface area contributed by atoms with Crippen molar-refractivity contribution in [3.63, 3.8) is 0 Å². The van der Waals surface area contributed by atoms with Crippen LogP contribution >= 0.6 is 0 Å². The third-order valence-electron chi connectivity index (χ3n) is 3.13. The second-order valence-electron chi connectivity index (χ2n) is 4.33. The van der Waals surface area contributed by atoms with Crippen molar-refractivity contribution in [3.05, 3.63) is 36.2 Å². The molecule has 6 nitrogen and oxygen atoms in total. The molecular weight excluding hydrogens is 256 g/mol. The van der Waals surface area contributed by atoms with E-state index in [1.54, 1.807) is 35.9 Å². The zero-order valence-corrected chi connectivity index (χ0v) is 11.8. The number of carbonyl (C=O) groups excluding carboxylic acids is 1. The van der Waals surface area contributed by atoms with Crippen LogP contribution in [-0.4, -0.2) is 29.8 Å². The van der Waals surface area contributed by atoms with Crippen molar-refractivity contribution in [1.29, 1.82) is 0 Å². The summed E-state index contributed by atoms with van der Waals surface area (Å²) in [5.74, 6) is 0.555. The number of ether oxygens (including phenoxy) is 1. The molecule has 0 bridgehead atoms. The van der Waals surface area contributed by atoms with Gasteiger partial charge in [-0.05, 0) is 31.2 Å². The van der Waals surface area contributed by atoms with Crippen molar-refractivity contribution in [2.24, 2.45) is 0 Å². The molecule has 2 N–H and O–H groups in total. The van der Waals surface area contributed by atoms with Crippen LogP contribution in [0.4, 0.5) is 11.4 Å². The van der Waals surface area contributed by atoms with Crippen molar-refractivity contribution in [3.8, 4) is 5.75 Å². The number of hydrogen-bond acceptors (Lipinski definition) is 4. The Hall–Kier alpha value is -2.50. The van der Waals surface area contributed by atoms with Crippen molar-refractivity contribution < 1.29 is 9.53 Å². The standard InChI is InChI=1S/C14H18N4O2/c1-4-18-13(12(15)9-16-18)14(19)17(2)10-5-7-11(20-3)8-6-10/h5-9H,4,15H2,1-3H3. The number of anilines is 2. The summed E-state index contributed by atoms with van der Waals surface area (Å²) >= 11 is 0. The zero-order chi connectivity index (χ0) is 14.7. The number of methoxy groups -OCH3 is 1. The quantitative estimate of drug-likeness (QED) is 0.922. The highest BCUT2D eigenvalue weighted by Crippen LogP contribution is 2.21. The fourth-order valence-electron chi connectivity index (χ4n) is 1.96. The van der Waals surface area contributed by atoms with Crippen LogP contribution in [0, 0.1) is 0 Å². The molecule has 0 atom stereocenters. The van der Waals surface area contributed by atoms with Gasteiger partial charge in [0.2, 0.25) is 0 Å². The number of nitrogens with two attached hydrogens (primary N) is 1. The molecule has 1 amide bonds. The van der Waals surface area contributed by atoms with E-state index < -0.39 is 0 Å². The number of benzene rings is 1. The van der Waals surface area contributed by atoms with Gasteiger partial charge in [0.15, 0.2) is 0 Å². The molecule has 1 aromatic heterocycles. The number of hydrogen-bond donors (Lipinski definition) is 1. The fraction of sp³-hybridized carbons (Fsp3) is 0.286. The van der Waals surface area contributed by atoms with Gasteiger partial charge in [-0.15, -0.1) is 0 Å². The topological polar surface area (TPSA) is 73.4 Å². The second kappa shape index (κ2) is 5.64. The molecule has 6 heteroatoms. The van der Waals surface area contributed by atoms with E-state index in [4.69, 9.17) is 10.5 Å². The SMILES string of the molecule is CCn1ncc(N)c1C(=O)N(C)c1ccc(OC)cc1. The molecular formula is C14H18N4O2. The molecule has 0 radical (unpaired) electrons. The van der Waals surface area contributed by atoms with Gasteiger partial charge >= 0.3 is 0 Å². The van der Waals surface area contributed by atoms with Crippen LogP contribution in [0.2, 0.25) is 0 Å². The molecule has 2 rings (SSSR count). The molecule has 0 unspecified atom stereocenters. The van der Waals surface area contributed by atoms with Gasteiger partial charge in [-0.2, -0.15) is 5.10 Å². The first-order valence-corrected chi connectivity index (χ1v) is 6.31. The van der Waals surface area contributed by atoms with E-state index in [1.807, 2.05) is 19.1 Å². The third-order valence-corrected chi connectivity index (χ3v) is 3.13. The van der Waals surface area contributed by atoms with Gasteiger partial charge in [-0.3, -0.25) is 9.48 Å². The molecule has 0 spiro atoms. The van der Waals surface area contributed by atoms with E-state index in [-0.39, 0.29) is 5.91 Å². The van der Waals surface area contributed by atoms with Crippen LogP contribution in [0.25, 0.3) is 0 Å². The van der Waals surface area contributed by atoms with Crippen LogP contribution < -0.4 is 15.4 Å². The lowest BCUT2D eigenvalue weighted by atomic mass is 10.2. The first-order valence-electron chi connectivity index (χ1n) is 6.31. The maximum absolute atomic E-state index is 12.5. The van der Waals surface area contributed by atoms with Gasteiger partial charge in [0.05, 0.1) is 19.0 Å². The highest BCUT2D eigenvalue weighted by molar-refractivity contribution is 6.07. The van der Waals surface area contributed by atoms with Gasteiger partial charge in [0, 0.05) is 19.3 Å². The van der Waals surface area contributed by atoms with Gasteiger partial charge in [-0.25, -0.2) is 0 Å². The van der Waals surface area contributed by atoms with Gasteiger partial charge in [0.25, 0.3) is 5.91 Å². The predicted molar refractivity (Wildman–Crippen MR) is 78.0 cm³/mol. The number of amides is 1. The minimum absolute atomic E-state index is 0.188. The molecule has 20 heavy (non-hydrogen) atoms. The van der Waals surface area contributed by atoms with Crippen molar-refractivity contribution in [1.82, 2.24) is 9.78 Å². The molecule has 0 fully saturated rings. The number of rotatable bonds is 4. The summed E-state index contributed by atoms with van der Waals surface area (Å²) in [5, 5.41) is 4.08. The van der Waals surface area contributed by atoms with E-state index in [0.717, 1.165) is 11.4 Å². The smallest absolute Gasteiger partial charge is 0.278 e. The maximum atomic E-state index is 12.5. The Balaban J connectivity index is 2.29. The Morgan fingerprint density at radius 3 is 2.60 bits per heavy atom. The Morgan fingerprint density at radius 2 is 2.05 bits per heavy atom. The lowest BCUT2D eigenvalue weighted by Gasteiger charge is -2.18. The van der Waals surface area contributed by atoms with Crippen LogP contribution in [0.15, 0.2) is 30.5 Å². The highest BCUT2D eigenvalue weighted by Gasteiger charge is 2.21. The Labute approximate surface area is 117 Å². The zero-order valence-electron chi connectivity index (χ0n) is 11.8. The average molecular weight is 274 g/mol. The molecule has 106 valence electrons. The summed E-state index contributed by atoms with van der Waals surface area (Å²) < 4.78 is 6.69. The number of aromatic nitrogens is 2. The Kier molecular flexibility index (Phi) is 3.93. The maximum Gasteiger partial charge on any atom is 0.278 e. The molecule has 0 aliphatic heterocycles. The first kappa shape index (κ1) is 13.9. The van der Waals surface area contributed by atoms with E-state index in [2.05, 4.69) is 5.10 Å². The van der Waals surface area contributed by atoms with E-state index in [0.29, 0.717) is 17.9 Å². The molecule has 0 aliphatic rings. The largest absolute Gasteiger partial charge is 0.497 e. The van der Waals surface area contributed by atoms with Gasteiger partial charge < -0.3 is 15.4 Å². The fourth-order valence-corrected chi connectivity index (χ4v) is 1.96. The monoisotopic (exact) mass is 274 g/mol. The van der Waals surface area contributed by atoms with Crippen LogP contribution in [0.1, 0.15) is 17.4 Å². The molecule has 2 aromatic rings. The molecule has 0 aliphatic carbocycles.